The Balaban J connectivity index is 3.09. The summed E-state index contributed by atoms with van der Waals surface area (Å²) in [6, 6.07) is 3.55. The van der Waals surface area contributed by atoms with Crippen LogP contribution in [0.3, 0.4) is 0 Å². The maximum atomic E-state index is 12.8. The molecule has 1 nitrogen and oxygen atoms in total. The number of rotatable bonds is 5. The molecule has 0 aliphatic carbocycles. The molecule has 7 heteroatoms. The Labute approximate surface area is 109 Å². The maximum absolute atomic E-state index is 12.8. The summed E-state index contributed by atoms with van der Waals surface area (Å²) in [6.45, 7) is 0. The smallest absolute Gasteiger partial charge is 0.405 e. The Morgan fingerprint density at radius 1 is 1.22 bits per heavy atom. The first-order chi connectivity index (χ1) is 8.35. The van der Waals surface area contributed by atoms with Gasteiger partial charge in [-0.2, -0.15) is 0 Å². The van der Waals surface area contributed by atoms with Crippen molar-refractivity contribution in [3.05, 3.63) is 29.3 Å². The number of halogens is 6. The van der Waals surface area contributed by atoms with Crippen LogP contribution in [0.25, 0.3) is 0 Å². The summed E-state index contributed by atoms with van der Waals surface area (Å²) in [5.74, 6) is -0.829. The number of hydrogen-bond acceptors (Lipinski definition) is 1. The molecule has 0 aromatic heterocycles. The lowest BCUT2D eigenvalue weighted by atomic mass is 10.0. The molecule has 0 aliphatic rings. The molecule has 0 aliphatic heterocycles. The van der Waals surface area contributed by atoms with Crippen LogP contribution in [-0.4, -0.2) is 11.7 Å². The summed E-state index contributed by atoms with van der Waals surface area (Å²) in [4.78, 5) is 0. The zero-order valence-electron chi connectivity index (χ0n) is 9.11. The SMILES string of the molecule is FC(F)c1c(CCCBr)cccc1OC(F)(F)F. The molecule has 0 atom stereocenters. The summed E-state index contributed by atoms with van der Waals surface area (Å²) in [6.07, 6.45) is -7.17. The van der Waals surface area contributed by atoms with Crippen molar-refractivity contribution < 1.29 is 26.7 Å². The van der Waals surface area contributed by atoms with E-state index in [4.69, 9.17) is 0 Å². The molecule has 18 heavy (non-hydrogen) atoms. The lowest BCUT2D eigenvalue weighted by Crippen LogP contribution is -2.18. The average Bonchev–Trinajstić information content (AvgIpc) is 2.23. The minimum absolute atomic E-state index is 0.172. The van der Waals surface area contributed by atoms with Gasteiger partial charge in [-0.05, 0) is 24.5 Å². The van der Waals surface area contributed by atoms with Crippen LogP contribution < -0.4 is 4.74 Å². The first-order valence-electron chi connectivity index (χ1n) is 5.07. The van der Waals surface area contributed by atoms with E-state index in [-0.39, 0.29) is 12.0 Å². The number of alkyl halides is 6. The summed E-state index contributed by atoms with van der Waals surface area (Å²) in [5.41, 5.74) is -0.512. The lowest BCUT2D eigenvalue weighted by molar-refractivity contribution is -0.275. The van der Waals surface area contributed by atoms with Gasteiger partial charge >= 0.3 is 6.36 Å². The van der Waals surface area contributed by atoms with Gasteiger partial charge in [-0.25, -0.2) is 8.78 Å². The van der Waals surface area contributed by atoms with Gasteiger partial charge in [-0.15, -0.1) is 13.2 Å². The Morgan fingerprint density at radius 2 is 1.89 bits per heavy atom. The molecule has 0 N–H and O–H groups in total. The van der Waals surface area contributed by atoms with E-state index in [9.17, 15) is 22.0 Å². The highest BCUT2D eigenvalue weighted by molar-refractivity contribution is 9.09. The highest BCUT2D eigenvalue weighted by Gasteiger charge is 2.33. The standard InChI is InChI=1S/C11H10BrF5O/c12-6-2-4-7-3-1-5-8(9(7)10(13)14)18-11(15,16)17/h1,3,5,10H,2,4,6H2. The molecule has 0 fully saturated rings. The second-order valence-electron chi connectivity index (χ2n) is 3.47. The lowest BCUT2D eigenvalue weighted by Gasteiger charge is -2.16. The highest BCUT2D eigenvalue weighted by atomic mass is 79.9. The van der Waals surface area contributed by atoms with Gasteiger partial charge in [-0.3, -0.25) is 0 Å². The monoisotopic (exact) mass is 332 g/mol. The van der Waals surface area contributed by atoms with Gasteiger partial charge in [0.2, 0.25) is 0 Å². The summed E-state index contributed by atoms with van der Waals surface area (Å²) in [7, 11) is 0. The van der Waals surface area contributed by atoms with Crippen molar-refractivity contribution in [1.29, 1.82) is 0 Å². The van der Waals surface area contributed by atoms with Gasteiger partial charge in [0.1, 0.15) is 5.75 Å². The van der Waals surface area contributed by atoms with Crippen molar-refractivity contribution in [2.45, 2.75) is 25.6 Å². The molecule has 1 rings (SSSR count). The third kappa shape index (κ3) is 4.44. The van der Waals surface area contributed by atoms with E-state index >= 15 is 0 Å². The average molecular weight is 333 g/mol. The minimum atomic E-state index is -4.97. The number of benzene rings is 1. The van der Waals surface area contributed by atoms with E-state index in [0.717, 1.165) is 6.07 Å². The first kappa shape index (κ1) is 15.2. The maximum Gasteiger partial charge on any atom is 0.573 e. The highest BCUT2D eigenvalue weighted by Crippen LogP contribution is 2.35. The van der Waals surface area contributed by atoms with Gasteiger partial charge < -0.3 is 4.74 Å². The molecule has 0 unspecified atom stereocenters. The van der Waals surface area contributed by atoms with E-state index in [1.54, 1.807) is 0 Å². The van der Waals surface area contributed by atoms with E-state index in [2.05, 4.69) is 20.7 Å². The van der Waals surface area contributed by atoms with Gasteiger partial charge in [0.05, 0.1) is 5.56 Å². The fourth-order valence-corrected chi connectivity index (χ4v) is 1.81. The third-order valence-electron chi connectivity index (χ3n) is 2.18. The van der Waals surface area contributed by atoms with Crippen LogP contribution >= 0.6 is 15.9 Å². The van der Waals surface area contributed by atoms with Gasteiger partial charge in [0, 0.05) is 5.33 Å². The molecule has 0 radical (unpaired) electrons. The predicted octanol–water partition coefficient (Wildman–Crippen LogP) is 4.85. The Kier molecular flexibility index (Phi) is 5.37. The molecule has 0 spiro atoms. The van der Waals surface area contributed by atoms with Crippen molar-refractivity contribution in [2.75, 3.05) is 5.33 Å². The fraction of sp³-hybridized carbons (Fsp3) is 0.455. The number of hydrogen-bond donors (Lipinski definition) is 0. The topological polar surface area (TPSA) is 9.23 Å². The second-order valence-corrected chi connectivity index (χ2v) is 4.26. The number of aryl methyl sites for hydroxylation is 1. The van der Waals surface area contributed by atoms with Crippen LogP contribution in [-0.2, 0) is 6.42 Å². The summed E-state index contributed by atoms with van der Waals surface area (Å²) < 4.78 is 65.6. The molecular weight excluding hydrogens is 323 g/mol. The molecule has 0 heterocycles. The fourth-order valence-electron chi connectivity index (χ4n) is 1.53. The zero-order valence-corrected chi connectivity index (χ0v) is 10.7. The van der Waals surface area contributed by atoms with Crippen LogP contribution in [0.4, 0.5) is 22.0 Å². The molecule has 0 amide bonds. The van der Waals surface area contributed by atoms with Crippen molar-refractivity contribution >= 4 is 15.9 Å². The van der Waals surface area contributed by atoms with Crippen LogP contribution in [0.5, 0.6) is 5.75 Å². The van der Waals surface area contributed by atoms with Gasteiger partial charge in [-0.1, -0.05) is 28.1 Å². The number of ether oxygens (including phenoxy) is 1. The normalized spacial score (nSPS) is 11.9. The predicted molar refractivity (Wildman–Crippen MR) is 60.2 cm³/mol. The van der Waals surface area contributed by atoms with Gasteiger partial charge in [0.25, 0.3) is 6.43 Å². The third-order valence-corrected chi connectivity index (χ3v) is 2.74. The minimum Gasteiger partial charge on any atom is -0.405 e. The largest absolute Gasteiger partial charge is 0.573 e. The first-order valence-corrected chi connectivity index (χ1v) is 6.19. The molecule has 0 saturated carbocycles. The quantitative estimate of drug-likeness (QED) is 0.553. The molecule has 0 bridgehead atoms. The molecule has 0 saturated heterocycles. The van der Waals surface area contributed by atoms with Crippen LogP contribution in [0.1, 0.15) is 24.0 Å². The second kappa shape index (κ2) is 6.36. The molecule has 1 aromatic carbocycles. The van der Waals surface area contributed by atoms with Crippen molar-refractivity contribution in [2.24, 2.45) is 0 Å². The van der Waals surface area contributed by atoms with Crippen LogP contribution in [0, 0.1) is 0 Å². The zero-order chi connectivity index (χ0) is 13.8. The van der Waals surface area contributed by atoms with E-state index < -0.39 is 24.1 Å². The van der Waals surface area contributed by atoms with E-state index in [1.165, 1.54) is 12.1 Å². The van der Waals surface area contributed by atoms with E-state index in [0.29, 0.717) is 11.8 Å². The van der Waals surface area contributed by atoms with Crippen molar-refractivity contribution in [1.82, 2.24) is 0 Å². The van der Waals surface area contributed by atoms with Crippen molar-refractivity contribution in [3.63, 3.8) is 0 Å². The van der Waals surface area contributed by atoms with Gasteiger partial charge in [0.15, 0.2) is 0 Å². The van der Waals surface area contributed by atoms with Crippen LogP contribution in [0.2, 0.25) is 0 Å². The van der Waals surface area contributed by atoms with Crippen LogP contribution in [0.15, 0.2) is 18.2 Å². The molecule has 102 valence electrons. The summed E-state index contributed by atoms with van der Waals surface area (Å²) >= 11 is 3.14. The Bertz CT molecular complexity index is 392. The Hall–Kier alpha value is -0.850. The molecule has 1 aromatic rings. The van der Waals surface area contributed by atoms with E-state index in [1.807, 2.05) is 0 Å². The Morgan fingerprint density at radius 3 is 2.39 bits per heavy atom. The molecular formula is C11H10BrF5O. The summed E-state index contributed by atoms with van der Waals surface area (Å²) in [5, 5.41) is 0.583. The van der Waals surface area contributed by atoms with Crippen molar-refractivity contribution in [3.8, 4) is 5.75 Å².